The molecule has 2 amide bonds. The number of nitrogens with one attached hydrogen (secondary N) is 1. The topological polar surface area (TPSA) is 209 Å². The first kappa shape index (κ1) is 52.6. The third-order valence-electron chi connectivity index (χ3n) is 11.6. The van der Waals surface area contributed by atoms with Crippen molar-refractivity contribution < 1.29 is 19.1 Å². The Kier molecular flexibility index (Phi) is 21.7. The van der Waals surface area contributed by atoms with Gasteiger partial charge in [-0.3, -0.25) is 24.0 Å². The van der Waals surface area contributed by atoms with E-state index in [1.54, 1.807) is 23.9 Å². The van der Waals surface area contributed by atoms with Crippen LogP contribution in [0.1, 0.15) is 145 Å². The summed E-state index contributed by atoms with van der Waals surface area (Å²) in [5, 5.41) is 12.5. The molecule has 0 spiro atoms. The monoisotopic (exact) mass is 930 g/mol. The van der Waals surface area contributed by atoms with Crippen molar-refractivity contribution in [1.82, 2.24) is 24.4 Å². The molecule has 15 nitrogen and oxygen atoms in total. The van der Waals surface area contributed by atoms with Gasteiger partial charge in [0.25, 0.3) is 0 Å². The van der Waals surface area contributed by atoms with E-state index in [0.717, 1.165) is 104 Å². The molecule has 1 aliphatic heterocycles. The first-order valence-electron chi connectivity index (χ1n) is 23.4. The van der Waals surface area contributed by atoms with Gasteiger partial charge in [-0.1, -0.05) is 72.3 Å². The number of carbonyl (C=O) groups is 2. The van der Waals surface area contributed by atoms with Crippen molar-refractivity contribution in [1.29, 1.82) is 5.26 Å². The maximum Gasteiger partial charge on any atom is 0.329 e. The van der Waals surface area contributed by atoms with Gasteiger partial charge in [0.2, 0.25) is 17.8 Å². The van der Waals surface area contributed by atoms with Gasteiger partial charge in [-0.25, -0.2) is 19.8 Å². The molecule has 3 atom stereocenters. The van der Waals surface area contributed by atoms with Gasteiger partial charge in [0.05, 0.1) is 29.8 Å². The van der Waals surface area contributed by atoms with Crippen molar-refractivity contribution in [3.8, 4) is 6.07 Å². The number of nitriles is 1. The molecular weight excluding hydrogens is 861 g/mol. The molecule has 1 aromatic carbocycles. The quantitative estimate of drug-likeness (QED) is 0.0254. The average molecular weight is 931 g/mol. The largest absolute Gasteiger partial charge is 0.389 e. The van der Waals surface area contributed by atoms with Gasteiger partial charge in [0, 0.05) is 56.8 Å². The van der Waals surface area contributed by atoms with Crippen LogP contribution >= 0.6 is 23.6 Å². The number of imide groups is 1. The van der Waals surface area contributed by atoms with Crippen LogP contribution in [0.4, 0.5) is 10.9 Å². The van der Waals surface area contributed by atoms with E-state index >= 15 is 0 Å². The predicted octanol–water partition coefficient (Wildman–Crippen LogP) is 7.91. The smallest absolute Gasteiger partial charge is 0.329 e. The SMILES string of the molecule is CC.CCCN(CCCC(C)CC)c1nccc(C(N)=NC(=S)C2CCCc3sc(N)c(C#N)c32)n1.CCCOCCOCCCc1cccc2c1n(C)c(=O)n2C1CCC(=O)NC1=O. The number of nitrogens with zero attached hydrogens (tertiary/aromatic N) is 7. The van der Waals surface area contributed by atoms with Crippen LogP contribution in [-0.2, 0) is 39.0 Å². The molecule has 5 N–H and O–H groups in total. The summed E-state index contributed by atoms with van der Waals surface area (Å²) in [6.45, 7) is 17.1. The van der Waals surface area contributed by atoms with Gasteiger partial charge in [0.1, 0.15) is 27.8 Å². The molecule has 3 unspecified atom stereocenters. The zero-order valence-electron chi connectivity index (χ0n) is 39.5. The summed E-state index contributed by atoms with van der Waals surface area (Å²) in [4.78, 5) is 54.3. The molecule has 17 heteroatoms. The Morgan fingerprint density at radius 1 is 1.06 bits per heavy atom. The Morgan fingerprint density at radius 2 is 1.82 bits per heavy atom. The van der Waals surface area contributed by atoms with Crippen molar-refractivity contribution in [3.63, 3.8) is 0 Å². The molecule has 4 aromatic rings. The minimum absolute atomic E-state index is 0.126. The maximum absolute atomic E-state index is 12.9. The molecule has 354 valence electrons. The second-order valence-corrected chi connectivity index (χ2v) is 17.8. The van der Waals surface area contributed by atoms with Gasteiger partial charge in [-0.2, -0.15) is 5.26 Å². The van der Waals surface area contributed by atoms with Crippen LogP contribution in [0.2, 0.25) is 0 Å². The number of thiocarbonyl (C=S) groups is 1. The Labute approximate surface area is 394 Å². The second-order valence-electron chi connectivity index (χ2n) is 16.2. The lowest BCUT2D eigenvalue weighted by atomic mass is 9.85. The first-order chi connectivity index (χ1) is 31.4. The van der Waals surface area contributed by atoms with E-state index in [-0.39, 0.29) is 29.8 Å². The lowest BCUT2D eigenvalue weighted by molar-refractivity contribution is -0.135. The molecule has 4 heterocycles. The van der Waals surface area contributed by atoms with Crippen molar-refractivity contribution in [3.05, 3.63) is 68.2 Å². The molecule has 6 rings (SSSR count). The highest BCUT2D eigenvalue weighted by atomic mass is 32.1. The van der Waals surface area contributed by atoms with E-state index in [0.29, 0.717) is 53.4 Å². The zero-order valence-corrected chi connectivity index (χ0v) is 41.1. The van der Waals surface area contributed by atoms with Gasteiger partial charge in [0.15, 0.2) is 5.84 Å². The van der Waals surface area contributed by atoms with E-state index in [1.807, 2.05) is 32.0 Å². The standard InChI is InChI=1S/C25H35N7S2.C21H29N3O5.C2H6/c1-4-13-32(14-7-8-16(3)5-2)25-29-12-11-19(30-25)22(27)31-24(33)17-9-6-10-20-21(17)18(15-26)23(28)34-20;1-3-11-28-13-14-29-12-5-7-15-6-4-8-16-19(15)23(2)21(27)24(16)17-9-10-18(25)22-20(17)26;1-2/h11-12,16-17H,4-10,13-14,28H2,1-3H3,(H2,27,31,33);4,6,8,17H,3,5,7,9-14H2,1-2H3,(H,22,25,26);1-2H3. The van der Waals surface area contributed by atoms with E-state index in [9.17, 15) is 19.6 Å². The van der Waals surface area contributed by atoms with Gasteiger partial charge >= 0.3 is 5.69 Å². The zero-order chi connectivity index (χ0) is 47.5. The summed E-state index contributed by atoms with van der Waals surface area (Å²) in [5.41, 5.74) is 16.8. The highest BCUT2D eigenvalue weighted by Crippen LogP contribution is 2.43. The third kappa shape index (κ3) is 14.0. The summed E-state index contributed by atoms with van der Waals surface area (Å²) in [6, 6.07) is 9.11. The number of hydrogen-bond donors (Lipinski definition) is 3. The Bertz CT molecular complexity index is 2330. The number of ether oxygens (including phenoxy) is 2. The Morgan fingerprint density at radius 3 is 2.51 bits per heavy atom. The van der Waals surface area contributed by atoms with Crippen molar-refractivity contribution in [2.75, 3.05) is 50.2 Å². The van der Waals surface area contributed by atoms with Gasteiger partial charge < -0.3 is 25.8 Å². The summed E-state index contributed by atoms with van der Waals surface area (Å²) in [6.07, 6.45) is 12.1. The highest BCUT2D eigenvalue weighted by molar-refractivity contribution is 7.80. The van der Waals surface area contributed by atoms with Crippen LogP contribution in [0, 0.1) is 17.2 Å². The number of imidazole rings is 1. The third-order valence-corrected chi connectivity index (χ3v) is 13.1. The molecule has 65 heavy (non-hydrogen) atoms. The number of nitrogens with two attached hydrogens (primary N) is 2. The van der Waals surface area contributed by atoms with Crippen molar-refractivity contribution in [2.24, 2.45) is 23.7 Å². The van der Waals surface area contributed by atoms with Crippen LogP contribution in [0.3, 0.4) is 0 Å². The van der Waals surface area contributed by atoms with Crippen LogP contribution in [0.15, 0.2) is 40.2 Å². The molecule has 2 aliphatic rings. The van der Waals surface area contributed by atoms with Crippen LogP contribution in [0.25, 0.3) is 11.0 Å². The second kappa shape index (κ2) is 26.8. The van der Waals surface area contributed by atoms with Gasteiger partial charge in [-0.15, -0.1) is 11.3 Å². The van der Waals surface area contributed by atoms with E-state index in [2.05, 4.69) is 54.0 Å². The minimum Gasteiger partial charge on any atom is -0.389 e. The summed E-state index contributed by atoms with van der Waals surface area (Å²) >= 11 is 7.18. The fourth-order valence-electron chi connectivity index (χ4n) is 8.13. The number of aryl methyl sites for hydroxylation is 3. The normalized spacial score (nSPS) is 16.4. The maximum atomic E-state index is 12.9. The fourth-order valence-corrected chi connectivity index (χ4v) is 9.59. The van der Waals surface area contributed by atoms with Crippen molar-refractivity contribution in [2.45, 2.75) is 131 Å². The lowest BCUT2D eigenvalue weighted by Gasteiger charge is -2.23. The number of thiophene rings is 1. The van der Waals surface area contributed by atoms with E-state index < -0.39 is 11.9 Å². The number of fused-ring (bicyclic) bond motifs is 2. The number of aromatic nitrogens is 4. The number of amides is 2. The number of benzene rings is 1. The first-order valence-corrected chi connectivity index (χ1v) is 24.6. The van der Waals surface area contributed by atoms with Crippen LogP contribution < -0.4 is 27.4 Å². The number of para-hydroxylation sites is 1. The molecule has 3 aromatic heterocycles. The Balaban J connectivity index is 0.000000277. The van der Waals surface area contributed by atoms with Gasteiger partial charge in [-0.05, 0) is 93.4 Å². The molecule has 1 aliphatic carbocycles. The number of aliphatic imine (C=N–C) groups is 1. The summed E-state index contributed by atoms with van der Waals surface area (Å²) in [5.74, 6) is 0.836. The number of anilines is 2. The molecule has 1 saturated heterocycles. The molecule has 0 bridgehead atoms. The van der Waals surface area contributed by atoms with Crippen molar-refractivity contribution >= 4 is 68.2 Å². The number of hydrogen-bond acceptors (Lipinski definition) is 12. The van der Waals surface area contributed by atoms with Crippen LogP contribution in [-0.4, -0.2) is 81.3 Å². The average Bonchev–Trinajstić information content (AvgIpc) is 3.78. The number of rotatable bonds is 20. The fraction of sp³-hybridized carbons (Fsp3) is 0.583. The number of piperidine rings is 1. The predicted molar refractivity (Wildman–Crippen MR) is 266 cm³/mol. The number of carbonyl (C=O) groups excluding carboxylic acids is 2. The van der Waals surface area contributed by atoms with E-state index in [1.165, 1.54) is 28.7 Å². The summed E-state index contributed by atoms with van der Waals surface area (Å²) in [7, 11) is 1.72. The molecule has 0 saturated carbocycles. The molecular formula is C48H70N10O5S2. The van der Waals surface area contributed by atoms with E-state index in [4.69, 9.17) is 38.1 Å². The minimum atomic E-state index is -0.661. The number of nitrogen functional groups attached to an aromatic ring is 1. The lowest BCUT2D eigenvalue weighted by Crippen LogP contribution is -2.44. The molecule has 0 radical (unpaired) electrons. The van der Waals surface area contributed by atoms with Crippen LogP contribution in [0.5, 0.6) is 0 Å². The number of amidine groups is 1. The summed E-state index contributed by atoms with van der Waals surface area (Å²) < 4.78 is 14.1. The highest BCUT2D eigenvalue weighted by Gasteiger charge is 2.32. The Hall–Kier alpha value is -5.02. The molecule has 1 fully saturated rings.